The van der Waals surface area contributed by atoms with E-state index in [1.807, 2.05) is 0 Å². The summed E-state index contributed by atoms with van der Waals surface area (Å²) in [7, 11) is 0. The molecule has 11 heteroatoms. The van der Waals surface area contributed by atoms with Gasteiger partial charge in [-0.2, -0.15) is 45.6 Å². The summed E-state index contributed by atoms with van der Waals surface area (Å²) in [6.45, 7) is 0. The smallest absolute Gasteiger partial charge is 0.418 e. The molecule has 1 rings (SSSR count). The maximum Gasteiger partial charge on any atom is 0.418 e. The molecule has 0 spiro atoms. The number of benzene rings is 1. The SMILES string of the molecule is N#Cc1cccc(OC(F)(F)C(C(F)(F)F)C(F)(F)F)c1C#N. The molecule has 23 heavy (non-hydrogen) atoms. The van der Waals surface area contributed by atoms with Crippen molar-refractivity contribution in [3.05, 3.63) is 29.3 Å². The van der Waals surface area contributed by atoms with Crippen molar-refractivity contribution in [3.8, 4) is 17.9 Å². The van der Waals surface area contributed by atoms with Gasteiger partial charge in [0.05, 0.1) is 5.56 Å². The fraction of sp³-hybridized carbons (Fsp3) is 0.333. The van der Waals surface area contributed by atoms with Gasteiger partial charge in [-0.25, -0.2) is 0 Å². The van der Waals surface area contributed by atoms with E-state index in [9.17, 15) is 35.1 Å². The molecule has 0 aliphatic carbocycles. The van der Waals surface area contributed by atoms with Gasteiger partial charge in [-0.3, -0.25) is 0 Å². The lowest BCUT2D eigenvalue weighted by atomic mass is 10.1. The Morgan fingerprint density at radius 1 is 0.870 bits per heavy atom. The number of alkyl halides is 8. The molecule has 0 aromatic heterocycles. The molecule has 0 saturated heterocycles. The lowest BCUT2D eigenvalue weighted by Crippen LogP contribution is -2.51. The molecule has 0 aliphatic heterocycles. The van der Waals surface area contributed by atoms with Crippen LogP contribution in [0.4, 0.5) is 35.1 Å². The summed E-state index contributed by atoms with van der Waals surface area (Å²) in [6.07, 6.45) is -18.4. The fourth-order valence-corrected chi connectivity index (χ4v) is 1.60. The van der Waals surface area contributed by atoms with Crippen molar-refractivity contribution >= 4 is 0 Å². The van der Waals surface area contributed by atoms with Crippen molar-refractivity contribution < 1.29 is 39.9 Å². The summed E-state index contributed by atoms with van der Waals surface area (Å²) in [5.74, 6) is -6.37. The summed E-state index contributed by atoms with van der Waals surface area (Å²) >= 11 is 0. The molecule has 0 fully saturated rings. The van der Waals surface area contributed by atoms with Crippen LogP contribution in [0, 0.1) is 28.6 Å². The van der Waals surface area contributed by atoms with E-state index in [0.29, 0.717) is 6.07 Å². The third-order valence-electron chi connectivity index (χ3n) is 2.50. The number of rotatable bonds is 3. The van der Waals surface area contributed by atoms with Gasteiger partial charge >= 0.3 is 18.5 Å². The number of halogens is 8. The second-order valence-corrected chi connectivity index (χ2v) is 4.08. The van der Waals surface area contributed by atoms with Crippen molar-refractivity contribution in [2.75, 3.05) is 0 Å². The fourth-order valence-electron chi connectivity index (χ4n) is 1.60. The molecule has 0 saturated carbocycles. The molecule has 0 atom stereocenters. The zero-order valence-electron chi connectivity index (χ0n) is 10.6. The van der Waals surface area contributed by atoms with Crippen molar-refractivity contribution in [2.45, 2.75) is 18.5 Å². The molecule has 1 aromatic rings. The summed E-state index contributed by atoms with van der Waals surface area (Å²) in [5, 5.41) is 17.4. The minimum absolute atomic E-state index is 0.545. The first-order valence-electron chi connectivity index (χ1n) is 5.48. The topological polar surface area (TPSA) is 56.8 Å². The molecular formula is C12H4F8N2O. The van der Waals surface area contributed by atoms with Crippen molar-refractivity contribution in [1.82, 2.24) is 0 Å². The van der Waals surface area contributed by atoms with Crippen LogP contribution in [0.5, 0.6) is 5.75 Å². The van der Waals surface area contributed by atoms with Gasteiger partial charge in [0.1, 0.15) is 23.5 Å². The monoisotopic (exact) mass is 344 g/mol. The van der Waals surface area contributed by atoms with Gasteiger partial charge < -0.3 is 4.74 Å². The summed E-state index contributed by atoms with van der Waals surface area (Å²) in [5.41, 5.74) is -1.45. The second-order valence-electron chi connectivity index (χ2n) is 4.08. The Labute approximate surface area is 123 Å². The van der Waals surface area contributed by atoms with E-state index in [0.717, 1.165) is 12.1 Å². The predicted octanol–water partition coefficient (Wildman–Crippen LogP) is 4.14. The van der Waals surface area contributed by atoms with Crippen LogP contribution < -0.4 is 4.74 Å². The normalized spacial score (nSPS) is 12.7. The van der Waals surface area contributed by atoms with Crippen LogP contribution >= 0.6 is 0 Å². The van der Waals surface area contributed by atoms with E-state index in [-0.39, 0.29) is 0 Å². The maximum atomic E-state index is 13.5. The molecule has 3 nitrogen and oxygen atoms in total. The third kappa shape index (κ3) is 4.00. The lowest BCUT2D eigenvalue weighted by Gasteiger charge is -2.30. The lowest BCUT2D eigenvalue weighted by molar-refractivity contribution is -0.379. The molecular weight excluding hydrogens is 340 g/mol. The molecule has 1 aromatic carbocycles. The van der Waals surface area contributed by atoms with Crippen LogP contribution in [-0.4, -0.2) is 18.5 Å². The highest BCUT2D eigenvalue weighted by atomic mass is 19.4. The van der Waals surface area contributed by atoms with Crippen LogP contribution in [0.2, 0.25) is 0 Å². The molecule has 124 valence electrons. The van der Waals surface area contributed by atoms with Gasteiger partial charge in [-0.05, 0) is 12.1 Å². The highest BCUT2D eigenvalue weighted by Gasteiger charge is 2.71. The molecule has 0 N–H and O–H groups in total. The number of hydrogen-bond donors (Lipinski definition) is 0. The predicted molar refractivity (Wildman–Crippen MR) is 57.0 cm³/mol. The van der Waals surface area contributed by atoms with Crippen LogP contribution in [0.15, 0.2) is 18.2 Å². The molecule has 0 bridgehead atoms. The minimum atomic E-state index is -6.35. The number of nitrogens with zero attached hydrogens (tertiary/aromatic N) is 2. The summed E-state index contributed by atoms with van der Waals surface area (Å²) in [4.78, 5) is 0. The highest BCUT2D eigenvalue weighted by Crippen LogP contribution is 2.48. The zero-order valence-corrected chi connectivity index (χ0v) is 10.6. The molecule has 0 amide bonds. The quantitative estimate of drug-likeness (QED) is 0.775. The van der Waals surface area contributed by atoms with Gasteiger partial charge in [-0.1, -0.05) is 6.07 Å². The first kappa shape index (κ1) is 18.5. The number of ether oxygens (including phenoxy) is 1. The third-order valence-corrected chi connectivity index (χ3v) is 2.50. The van der Waals surface area contributed by atoms with E-state index in [1.165, 1.54) is 12.1 Å². The van der Waals surface area contributed by atoms with Crippen LogP contribution in [0.25, 0.3) is 0 Å². The van der Waals surface area contributed by atoms with Gasteiger partial charge in [0.2, 0.25) is 0 Å². The van der Waals surface area contributed by atoms with Gasteiger partial charge in [0.15, 0.2) is 0 Å². The van der Waals surface area contributed by atoms with E-state index >= 15 is 0 Å². The standard InChI is InChI=1S/C12H4F8N2O/c13-10(14,15)9(11(16,17)18)12(19,20)23-8-3-1-2-6(4-21)7(8)5-22/h1-3,9H. The summed E-state index contributed by atoms with van der Waals surface area (Å²) < 4.78 is 105. The van der Waals surface area contributed by atoms with Crippen LogP contribution in [0.3, 0.4) is 0 Å². The molecule has 0 unspecified atom stereocenters. The number of hydrogen-bond acceptors (Lipinski definition) is 3. The summed E-state index contributed by atoms with van der Waals surface area (Å²) in [6, 6.07) is 4.95. The highest BCUT2D eigenvalue weighted by molar-refractivity contribution is 5.53. The average Bonchev–Trinajstić information content (AvgIpc) is 2.33. The van der Waals surface area contributed by atoms with Crippen molar-refractivity contribution in [3.63, 3.8) is 0 Å². The Balaban J connectivity index is 3.37. The Bertz CT molecular complexity index is 652. The Morgan fingerprint density at radius 3 is 1.78 bits per heavy atom. The Hall–Kier alpha value is -2.56. The Morgan fingerprint density at radius 2 is 1.39 bits per heavy atom. The van der Waals surface area contributed by atoms with E-state index in [4.69, 9.17) is 10.5 Å². The second kappa shape index (κ2) is 5.91. The average molecular weight is 344 g/mol. The van der Waals surface area contributed by atoms with Crippen LogP contribution in [0.1, 0.15) is 11.1 Å². The van der Waals surface area contributed by atoms with Crippen molar-refractivity contribution in [2.24, 2.45) is 5.92 Å². The first-order chi connectivity index (χ1) is 10.3. The van der Waals surface area contributed by atoms with Gasteiger partial charge in [0, 0.05) is 0 Å². The van der Waals surface area contributed by atoms with Gasteiger partial charge in [0.25, 0.3) is 5.92 Å². The van der Waals surface area contributed by atoms with Crippen LogP contribution in [-0.2, 0) is 0 Å². The largest absolute Gasteiger partial charge is 0.430 e. The first-order valence-corrected chi connectivity index (χ1v) is 5.48. The van der Waals surface area contributed by atoms with Crippen molar-refractivity contribution in [1.29, 1.82) is 10.5 Å². The zero-order chi connectivity index (χ0) is 18.1. The Kier molecular flexibility index (Phi) is 4.75. The molecule has 0 heterocycles. The van der Waals surface area contributed by atoms with E-state index in [1.54, 1.807) is 0 Å². The molecule has 0 radical (unpaired) electrons. The number of nitriles is 2. The maximum absolute atomic E-state index is 13.5. The van der Waals surface area contributed by atoms with E-state index in [2.05, 4.69) is 4.74 Å². The van der Waals surface area contributed by atoms with E-state index < -0.39 is 41.3 Å². The van der Waals surface area contributed by atoms with Gasteiger partial charge in [-0.15, -0.1) is 0 Å². The molecule has 0 aliphatic rings. The minimum Gasteiger partial charge on any atom is -0.430 e.